The van der Waals surface area contributed by atoms with Crippen LogP contribution >= 0.6 is 15.9 Å². The zero-order valence-electron chi connectivity index (χ0n) is 9.47. The van der Waals surface area contributed by atoms with Crippen LogP contribution in [0.4, 0.5) is 5.69 Å². The summed E-state index contributed by atoms with van der Waals surface area (Å²) in [4.78, 5) is 15.6. The van der Waals surface area contributed by atoms with Gasteiger partial charge in [-0.2, -0.15) is 0 Å². The van der Waals surface area contributed by atoms with E-state index >= 15 is 0 Å². The minimum absolute atomic E-state index is 0.0564. The third-order valence-corrected chi connectivity index (χ3v) is 2.74. The molecule has 0 saturated carbocycles. The molecule has 0 saturated heterocycles. The van der Waals surface area contributed by atoms with Crippen LogP contribution in [0, 0.1) is 0 Å². The standard InChI is InChI=1S/C13H11BrN2O2/c14-13-11(7-4-8-15-13)18-9-12(17)16-10-5-2-1-3-6-10/h1-8H,9H2,(H,16,17). The van der Waals surface area contributed by atoms with Gasteiger partial charge in [-0.1, -0.05) is 18.2 Å². The Morgan fingerprint density at radius 3 is 2.72 bits per heavy atom. The molecule has 0 bridgehead atoms. The maximum atomic E-state index is 11.6. The van der Waals surface area contributed by atoms with E-state index in [0.717, 1.165) is 5.69 Å². The first-order valence-electron chi connectivity index (χ1n) is 5.34. The number of rotatable bonds is 4. The van der Waals surface area contributed by atoms with Crippen molar-refractivity contribution in [3.05, 3.63) is 53.3 Å². The van der Waals surface area contributed by atoms with Crippen LogP contribution in [0.2, 0.25) is 0 Å². The molecule has 0 spiro atoms. The number of hydrogen-bond acceptors (Lipinski definition) is 3. The van der Waals surface area contributed by atoms with Gasteiger partial charge in [0.1, 0.15) is 4.60 Å². The number of ether oxygens (including phenoxy) is 1. The quantitative estimate of drug-likeness (QED) is 0.884. The highest BCUT2D eigenvalue weighted by Gasteiger charge is 2.05. The molecule has 2 aromatic rings. The second-order valence-electron chi connectivity index (χ2n) is 3.50. The summed E-state index contributed by atoms with van der Waals surface area (Å²) in [6.45, 7) is -0.0564. The van der Waals surface area contributed by atoms with Gasteiger partial charge in [0, 0.05) is 11.9 Å². The number of halogens is 1. The van der Waals surface area contributed by atoms with Crippen LogP contribution < -0.4 is 10.1 Å². The zero-order chi connectivity index (χ0) is 12.8. The minimum Gasteiger partial charge on any atom is -0.481 e. The lowest BCUT2D eigenvalue weighted by Gasteiger charge is -2.08. The van der Waals surface area contributed by atoms with E-state index in [2.05, 4.69) is 26.2 Å². The minimum atomic E-state index is -0.211. The van der Waals surface area contributed by atoms with E-state index in [-0.39, 0.29) is 12.5 Å². The Balaban J connectivity index is 1.88. The summed E-state index contributed by atoms with van der Waals surface area (Å²) in [5.41, 5.74) is 0.747. The maximum Gasteiger partial charge on any atom is 0.262 e. The fraction of sp³-hybridized carbons (Fsp3) is 0.0769. The van der Waals surface area contributed by atoms with Crippen LogP contribution in [0.25, 0.3) is 0 Å². The van der Waals surface area contributed by atoms with E-state index in [1.165, 1.54) is 0 Å². The summed E-state index contributed by atoms with van der Waals surface area (Å²) in [5, 5.41) is 2.73. The number of nitrogens with zero attached hydrogens (tertiary/aromatic N) is 1. The molecule has 4 nitrogen and oxygen atoms in total. The SMILES string of the molecule is O=C(COc1cccnc1Br)Nc1ccccc1. The number of carbonyl (C=O) groups is 1. The third kappa shape index (κ3) is 3.56. The Morgan fingerprint density at radius 1 is 1.22 bits per heavy atom. The molecular formula is C13H11BrN2O2. The van der Waals surface area contributed by atoms with E-state index in [4.69, 9.17) is 4.74 Å². The van der Waals surface area contributed by atoms with Gasteiger partial charge in [-0.25, -0.2) is 4.98 Å². The molecule has 0 aliphatic carbocycles. The smallest absolute Gasteiger partial charge is 0.262 e. The van der Waals surface area contributed by atoms with Crippen molar-refractivity contribution in [1.82, 2.24) is 4.98 Å². The second-order valence-corrected chi connectivity index (χ2v) is 4.25. The van der Waals surface area contributed by atoms with Gasteiger partial charge in [0.05, 0.1) is 0 Å². The molecule has 18 heavy (non-hydrogen) atoms. The van der Waals surface area contributed by atoms with Crippen LogP contribution in [0.5, 0.6) is 5.75 Å². The second kappa shape index (κ2) is 6.16. The highest BCUT2D eigenvalue weighted by molar-refractivity contribution is 9.10. The summed E-state index contributed by atoms with van der Waals surface area (Å²) in [7, 11) is 0. The van der Waals surface area contributed by atoms with E-state index in [1.807, 2.05) is 30.3 Å². The average Bonchev–Trinajstić information content (AvgIpc) is 2.39. The van der Waals surface area contributed by atoms with E-state index in [9.17, 15) is 4.79 Å². The van der Waals surface area contributed by atoms with Crippen LogP contribution in [-0.4, -0.2) is 17.5 Å². The van der Waals surface area contributed by atoms with Gasteiger partial charge in [-0.15, -0.1) is 0 Å². The Bertz CT molecular complexity index is 532. The predicted molar refractivity (Wildman–Crippen MR) is 72.5 cm³/mol. The van der Waals surface area contributed by atoms with Gasteiger partial charge in [0.15, 0.2) is 12.4 Å². The number of amides is 1. The highest BCUT2D eigenvalue weighted by Crippen LogP contribution is 2.20. The number of pyridine rings is 1. The third-order valence-electron chi connectivity index (χ3n) is 2.14. The molecule has 1 N–H and O–H groups in total. The Kier molecular flexibility index (Phi) is 4.30. The molecule has 1 aromatic carbocycles. The lowest BCUT2D eigenvalue weighted by molar-refractivity contribution is -0.118. The van der Waals surface area contributed by atoms with Crippen LogP contribution in [0.1, 0.15) is 0 Å². The van der Waals surface area contributed by atoms with Crippen LogP contribution in [0.15, 0.2) is 53.3 Å². The maximum absolute atomic E-state index is 11.6. The average molecular weight is 307 g/mol. The van der Waals surface area contributed by atoms with E-state index in [0.29, 0.717) is 10.4 Å². The van der Waals surface area contributed by atoms with Crippen molar-refractivity contribution in [1.29, 1.82) is 0 Å². The van der Waals surface area contributed by atoms with Gasteiger partial charge in [-0.05, 0) is 40.2 Å². The molecule has 1 amide bonds. The Hall–Kier alpha value is -1.88. The summed E-state index contributed by atoms with van der Waals surface area (Å²) in [5.74, 6) is 0.331. The number of aromatic nitrogens is 1. The van der Waals surface area contributed by atoms with Crippen molar-refractivity contribution in [2.24, 2.45) is 0 Å². The number of anilines is 1. The van der Waals surface area contributed by atoms with Crippen LogP contribution in [-0.2, 0) is 4.79 Å². The normalized spacial score (nSPS) is 9.83. The van der Waals surface area contributed by atoms with Gasteiger partial charge >= 0.3 is 0 Å². The first-order valence-corrected chi connectivity index (χ1v) is 6.13. The molecule has 0 aliphatic rings. The van der Waals surface area contributed by atoms with Crippen molar-refractivity contribution in [2.45, 2.75) is 0 Å². The fourth-order valence-corrected chi connectivity index (χ4v) is 1.71. The van der Waals surface area contributed by atoms with Crippen molar-refractivity contribution >= 4 is 27.5 Å². The molecule has 0 unspecified atom stereocenters. The lowest BCUT2D eigenvalue weighted by atomic mass is 10.3. The molecule has 2 rings (SSSR count). The molecule has 92 valence electrons. The molecule has 1 aromatic heterocycles. The van der Waals surface area contributed by atoms with E-state index in [1.54, 1.807) is 18.3 Å². The first kappa shape index (κ1) is 12.6. The number of nitrogens with one attached hydrogen (secondary N) is 1. The van der Waals surface area contributed by atoms with Gasteiger partial charge in [0.25, 0.3) is 5.91 Å². The number of hydrogen-bond donors (Lipinski definition) is 1. The molecule has 0 atom stereocenters. The summed E-state index contributed by atoms with van der Waals surface area (Å²) in [6.07, 6.45) is 1.64. The molecule has 1 heterocycles. The Morgan fingerprint density at radius 2 is 2.00 bits per heavy atom. The summed E-state index contributed by atoms with van der Waals surface area (Å²) in [6, 6.07) is 12.7. The molecule has 0 aliphatic heterocycles. The zero-order valence-corrected chi connectivity index (χ0v) is 11.1. The van der Waals surface area contributed by atoms with Gasteiger partial charge in [-0.3, -0.25) is 4.79 Å². The molecular weight excluding hydrogens is 296 g/mol. The van der Waals surface area contributed by atoms with Crippen molar-refractivity contribution in [3.63, 3.8) is 0 Å². The molecule has 5 heteroatoms. The van der Waals surface area contributed by atoms with Gasteiger partial charge in [0.2, 0.25) is 0 Å². The summed E-state index contributed by atoms with van der Waals surface area (Å²) < 4.78 is 5.93. The highest BCUT2D eigenvalue weighted by atomic mass is 79.9. The first-order chi connectivity index (χ1) is 8.75. The number of para-hydroxylation sites is 1. The molecule has 0 fully saturated rings. The lowest BCUT2D eigenvalue weighted by Crippen LogP contribution is -2.20. The number of carbonyl (C=O) groups excluding carboxylic acids is 1. The number of benzene rings is 1. The van der Waals surface area contributed by atoms with Crippen molar-refractivity contribution in [3.8, 4) is 5.75 Å². The molecule has 0 radical (unpaired) electrons. The fourth-order valence-electron chi connectivity index (χ4n) is 1.34. The van der Waals surface area contributed by atoms with Crippen molar-refractivity contribution < 1.29 is 9.53 Å². The Labute approximate surface area is 113 Å². The van der Waals surface area contributed by atoms with Gasteiger partial charge < -0.3 is 10.1 Å². The van der Waals surface area contributed by atoms with Crippen molar-refractivity contribution in [2.75, 3.05) is 11.9 Å². The largest absolute Gasteiger partial charge is 0.481 e. The topological polar surface area (TPSA) is 51.2 Å². The predicted octanol–water partition coefficient (Wildman–Crippen LogP) is 2.86. The van der Waals surface area contributed by atoms with E-state index < -0.39 is 0 Å². The summed E-state index contributed by atoms with van der Waals surface area (Å²) >= 11 is 3.25. The van der Waals surface area contributed by atoms with Crippen LogP contribution in [0.3, 0.4) is 0 Å². The monoisotopic (exact) mass is 306 g/mol.